The second-order valence-electron chi connectivity index (χ2n) is 17.6. The predicted molar refractivity (Wildman–Crippen MR) is 248 cm³/mol. The fourth-order valence-corrected chi connectivity index (χ4v) is 10.0. The zero-order chi connectivity index (χ0) is 45.2. The van der Waals surface area contributed by atoms with E-state index in [9.17, 15) is 22.8 Å². The van der Waals surface area contributed by atoms with Crippen molar-refractivity contribution in [3.8, 4) is 11.5 Å². The van der Waals surface area contributed by atoms with Gasteiger partial charge in [0.25, 0.3) is 5.78 Å². The number of ether oxygens (including phenoxy) is 3. The number of fused-ring (bicyclic) bond motifs is 4. The van der Waals surface area contributed by atoms with E-state index in [1.807, 2.05) is 36.4 Å². The highest BCUT2D eigenvalue weighted by Gasteiger charge is 2.42. The third-order valence-corrected chi connectivity index (χ3v) is 13.4. The number of halogens is 4. The quantitative estimate of drug-likeness (QED) is 0.0764. The van der Waals surface area contributed by atoms with Crippen LogP contribution in [-0.2, 0) is 17.8 Å². The van der Waals surface area contributed by atoms with Crippen LogP contribution < -0.4 is 9.47 Å². The Morgan fingerprint density at radius 1 is 0.719 bits per heavy atom. The Morgan fingerprint density at radius 2 is 1.36 bits per heavy atom. The van der Waals surface area contributed by atoms with E-state index in [0.29, 0.717) is 42.1 Å². The Kier molecular flexibility index (Phi) is 16.5. The first-order valence-electron chi connectivity index (χ1n) is 23.4. The van der Waals surface area contributed by atoms with E-state index in [4.69, 9.17) is 25.8 Å². The topological polar surface area (TPSA) is 78.2 Å². The molecule has 346 valence electrons. The van der Waals surface area contributed by atoms with Crippen LogP contribution in [-0.4, -0.2) is 101 Å². The number of nitrogens with zero attached hydrogens (tertiary/aromatic N) is 4. The van der Waals surface area contributed by atoms with Crippen LogP contribution in [0.5, 0.6) is 11.5 Å². The summed E-state index contributed by atoms with van der Waals surface area (Å²) in [6.45, 7) is 10.5. The number of methoxy groups -OCH3 is 1. The summed E-state index contributed by atoms with van der Waals surface area (Å²) >= 11 is 6.02. The number of para-hydroxylation sites is 1. The Balaban J connectivity index is 0.000000198. The minimum absolute atomic E-state index is 0.231. The van der Waals surface area contributed by atoms with Gasteiger partial charge in [0, 0.05) is 103 Å². The molecule has 2 aromatic heterocycles. The number of carbonyl (C=O) groups excluding carboxylic acids is 2. The van der Waals surface area contributed by atoms with Crippen molar-refractivity contribution in [3.63, 3.8) is 0 Å². The number of unbranched alkanes of at least 4 members (excludes halogenated alkanes) is 1. The van der Waals surface area contributed by atoms with Crippen molar-refractivity contribution in [3.05, 3.63) is 95.3 Å². The number of likely N-dealkylation sites (tertiary alicyclic amines) is 1. The van der Waals surface area contributed by atoms with Crippen molar-refractivity contribution in [2.45, 2.75) is 134 Å². The van der Waals surface area contributed by atoms with Crippen molar-refractivity contribution in [2.24, 2.45) is 0 Å². The molecule has 0 radical (unpaired) electrons. The van der Waals surface area contributed by atoms with E-state index in [0.717, 1.165) is 130 Å². The number of hydrogen-bond acceptors (Lipinski definition) is 7. The normalized spacial score (nSPS) is 19.5. The zero-order valence-electron chi connectivity index (χ0n) is 37.6. The smallest absolute Gasteiger partial charge is 0.454 e. The zero-order valence-corrected chi connectivity index (χ0v) is 38.3. The van der Waals surface area contributed by atoms with E-state index in [1.54, 1.807) is 35.9 Å². The number of aromatic nitrogens is 2. The maximum Gasteiger partial charge on any atom is 0.454 e. The summed E-state index contributed by atoms with van der Waals surface area (Å²) in [5, 5.41) is 2.11. The van der Waals surface area contributed by atoms with E-state index >= 15 is 0 Å². The molecule has 5 heterocycles. The first kappa shape index (κ1) is 47.6. The molecule has 3 aromatic carbocycles. The highest BCUT2D eigenvalue weighted by molar-refractivity contribution is 6.30. The van der Waals surface area contributed by atoms with Gasteiger partial charge in [0.1, 0.15) is 17.6 Å². The summed E-state index contributed by atoms with van der Waals surface area (Å²) in [5.41, 5.74) is 2.35. The Morgan fingerprint density at radius 3 is 2.02 bits per heavy atom. The molecule has 13 heteroatoms. The van der Waals surface area contributed by atoms with Crippen LogP contribution in [0.25, 0.3) is 21.8 Å². The molecule has 3 saturated heterocycles. The lowest BCUT2D eigenvalue weighted by atomic mass is 9.99. The third-order valence-electron chi connectivity index (χ3n) is 13.2. The second-order valence-corrected chi connectivity index (χ2v) is 18.1. The van der Waals surface area contributed by atoms with Gasteiger partial charge in [0.15, 0.2) is 5.78 Å². The van der Waals surface area contributed by atoms with Gasteiger partial charge in [0.05, 0.1) is 18.8 Å². The van der Waals surface area contributed by atoms with Crippen LogP contribution in [0, 0.1) is 0 Å². The van der Waals surface area contributed by atoms with E-state index in [1.165, 1.54) is 19.0 Å². The maximum absolute atomic E-state index is 12.9. The number of piperidine rings is 2. The van der Waals surface area contributed by atoms with Gasteiger partial charge in [-0.3, -0.25) is 14.5 Å². The fraction of sp³-hybridized carbons (Fsp3) is 0.529. The van der Waals surface area contributed by atoms with Gasteiger partial charge in [0.2, 0.25) is 0 Å². The summed E-state index contributed by atoms with van der Waals surface area (Å²) in [5.74, 6) is 0.161. The van der Waals surface area contributed by atoms with Crippen molar-refractivity contribution in [1.29, 1.82) is 0 Å². The van der Waals surface area contributed by atoms with Gasteiger partial charge in [-0.1, -0.05) is 50.1 Å². The molecular formula is C51H64ClF3N4O5. The fourth-order valence-electron chi connectivity index (χ4n) is 9.91. The minimum Gasteiger partial charge on any atom is -0.497 e. The molecular weight excluding hydrogens is 841 g/mol. The predicted octanol–water partition coefficient (Wildman–Crippen LogP) is 11.8. The second kappa shape index (κ2) is 22.2. The van der Waals surface area contributed by atoms with Crippen LogP contribution >= 0.6 is 11.6 Å². The molecule has 0 aliphatic carbocycles. The van der Waals surface area contributed by atoms with E-state index in [-0.39, 0.29) is 17.5 Å². The molecule has 0 saturated carbocycles. The summed E-state index contributed by atoms with van der Waals surface area (Å²) < 4.78 is 60.3. The highest BCUT2D eigenvalue weighted by Crippen LogP contribution is 2.38. The van der Waals surface area contributed by atoms with Crippen LogP contribution in [0.3, 0.4) is 0 Å². The lowest BCUT2D eigenvalue weighted by Crippen LogP contribution is -2.46. The summed E-state index contributed by atoms with van der Waals surface area (Å²) in [6, 6.07) is 21.8. The average molecular weight is 906 g/mol. The monoisotopic (exact) mass is 904 g/mol. The van der Waals surface area contributed by atoms with Crippen LogP contribution in [0.1, 0.15) is 112 Å². The number of benzene rings is 3. The molecule has 8 rings (SSSR count). The lowest BCUT2D eigenvalue weighted by molar-refractivity contribution is -0.0884. The molecule has 0 amide bonds. The summed E-state index contributed by atoms with van der Waals surface area (Å²) in [6.07, 6.45) is 11.4. The molecule has 0 spiro atoms. The first-order valence-corrected chi connectivity index (χ1v) is 23.7. The van der Waals surface area contributed by atoms with Crippen molar-refractivity contribution < 1.29 is 37.0 Å². The number of rotatable bonds is 19. The standard InChI is InChI=1S/C30H37ClN2O3.C21H27F3N2O2/c1-3-4-6-30(34)28-20-32(29-14-13-25(35-2)19-27(28)29)15-5-16-33-22-9-10-23(33)18-26(17-22)36-24-11-7-21(31)8-12-24;1-2-14-28-16-8-12-25(13-9-16)10-5-11-26-15-18(20(27)21(22,23)24)17-6-3-4-7-19(17)26/h7-8,11-14,19-20,22-23,26H,3-6,9-10,15-18H2,1-2H3;3-4,6-7,15-16H,2,5,8-14H2,1H3. The van der Waals surface area contributed by atoms with E-state index in [2.05, 4.69) is 40.5 Å². The van der Waals surface area contributed by atoms with Gasteiger partial charge in [-0.05, 0) is 119 Å². The Hall–Kier alpha value is -4.36. The minimum atomic E-state index is -4.86. The largest absolute Gasteiger partial charge is 0.497 e. The summed E-state index contributed by atoms with van der Waals surface area (Å²) in [4.78, 5) is 29.8. The molecule has 64 heavy (non-hydrogen) atoms. The number of Topliss-reactive ketones (excluding diaryl/α,β-unsaturated/α-hetero) is 2. The molecule has 2 bridgehead atoms. The van der Waals surface area contributed by atoms with Crippen LogP contribution in [0.15, 0.2) is 79.1 Å². The highest BCUT2D eigenvalue weighted by atomic mass is 35.5. The first-order chi connectivity index (χ1) is 30.9. The number of hydrogen-bond donors (Lipinski definition) is 0. The van der Waals surface area contributed by atoms with Crippen LogP contribution in [0.2, 0.25) is 5.02 Å². The number of aryl methyl sites for hydroxylation is 2. The molecule has 2 atom stereocenters. The maximum atomic E-state index is 12.9. The van der Waals surface area contributed by atoms with Gasteiger partial charge in [-0.25, -0.2) is 0 Å². The van der Waals surface area contributed by atoms with Gasteiger partial charge < -0.3 is 28.2 Å². The van der Waals surface area contributed by atoms with Gasteiger partial charge >= 0.3 is 6.18 Å². The number of carbonyl (C=O) groups is 2. The Labute approximate surface area is 380 Å². The average Bonchev–Trinajstić information content (AvgIpc) is 3.93. The SMILES string of the molecule is CCCCC(=O)c1cn(CCCN2C3CCC2CC(Oc2ccc(Cl)cc2)C3)c2ccc(OC)cc12.CCCOC1CCN(CCCn2cc(C(=O)C(F)(F)F)c3ccccc32)CC1. The van der Waals surface area contributed by atoms with E-state index < -0.39 is 12.0 Å². The molecule has 5 aromatic rings. The third kappa shape index (κ3) is 11.9. The molecule has 2 unspecified atom stereocenters. The van der Waals surface area contributed by atoms with Crippen molar-refractivity contribution in [2.75, 3.05) is 39.9 Å². The lowest BCUT2D eigenvalue weighted by Gasteiger charge is -2.39. The Bertz CT molecular complexity index is 2290. The molecule has 3 fully saturated rings. The molecule has 9 nitrogen and oxygen atoms in total. The number of ketones is 2. The van der Waals surface area contributed by atoms with Gasteiger partial charge in [-0.2, -0.15) is 13.2 Å². The van der Waals surface area contributed by atoms with Crippen molar-refractivity contribution >= 4 is 45.0 Å². The van der Waals surface area contributed by atoms with Crippen molar-refractivity contribution in [1.82, 2.24) is 18.9 Å². The van der Waals surface area contributed by atoms with Gasteiger partial charge in [-0.15, -0.1) is 0 Å². The number of alkyl halides is 3. The summed E-state index contributed by atoms with van der Waals surface area (Å²) in [7, 11) is 1.68. The van der Waals surface area contributed by atoms with Crippen LogP contribution in [0.4, 0.5) is 13.2 Å². The molecule has 3 aliphatic rings. The molecule has 0 N–H and O–H groups in total. The molecule has 3 aliphatic heterocycles.